The normalized spacial score (nSPS) is 12.4. The topological polar surface area (TPSA) is 20.2 Å². The van der Waals surface area contributed by atoms with Crippen molar-refractivity contribution in [2.75, 3.05) is 0 Å². The van der Waals surface area contributed by atoms with Crippen molar-refractivity contribution in [1.82, 2.24) is 0 Å². The number of aliphatic hydroxyl groups excluding tert-OH is 1. The van der Waals surface area contributed by atoms with Gasteiger partial charge in [0.05, 0.1) is 11.1 Å². The van der Waals surface area contributed by atoms with Crippen LogP contribution in [0.5, 0.6) is 0 Å². The van der Waals surface area contributed by atoms with E-state index in [9.17, 15) is 9.50 Å². The van der Waals surface area contributed by atoms with Crippen molar-refractivity contribution in [2.45, 2.75) is 12.5 Å². The molecule has 0 saturated heterocycles. The molecule has 94 valence electrons. The van der Waals surface area contributed by atoms with E-state index in [1.165, 1.54) is 6.07 Å². The van der Waals surface area contributed by atoms with Crippen molar-refractivity contribution in [3.63, 3.8) is 0 Å². The second-order valence-corrected chi connectivity index (χ2v) is 5.49. The molecule has 1 atom stereocenters. The van der Waals surface area contributed by atoms with Gasteiger partial charge in [0.2, 0.25) is 0 Å². The van der Waals surface area contributed by atoms with E-state index in [-0.39, 0.29) is 5.02 Å². The molecule has 0 bridgehead atoms. The molecule has 0 aromatic heterocycles. The average molecular weight is 377 g/mol. The third-order valence-electron chi connectivity index (χ3n) is 2.71. The van der Waals surface area contributed by atoms with Gasteiger partial charge in [-0.1, -0.05) is 41.9 Å². The number of rotatable bonds is 3. The summed E-state index contributed by atoms with van der Waals surface area (Å²) < 4.78 is 14.3. The molecule has 2 aromatic carbocycles. The van der Waals surface area contributed by atoms with Gasteiger partial charge in [-0.15, -0.1) is 0 Å². The van der Waals surface area contributed by atoms with Crippen molar-refractivity contribution < 1.29 is 9.50 Å². The zero-order valence-electron chi connectivity index (χ0n) is 9.41. The first-order valence-electron chi connectivity index (χ1n) is 5.45. The summed E-state index contributed by atoms with van der Waals surface area (Å²) >= 11 is 8.04. The van der Waals surface area contributed by atoms with Crippen LogP contribution >= 0.6 is 34.2 Å². The molecule has 2 aromatic rings. The van der Waals surface area contributed by atoms with Gasteiger partial charge < -0.3 is 5.11 Å². The van der Waals surface area contributed by atoms with Gasteiger partial charge in [0.15, 0.2) is 0 Å². The SMILES string of the molecule is OC(Cc1cccc(F)c1Cl)c1ccccc1I. The van der Waals surface area contributed by atoms with E-state index >= 15 is 0 Å². The van der Waals surface area contributed by atoms with Gasteiger partial charge in [-0.2, -0.15) is 0 Å². The fourth-order valence-corrected chi connectivity index (χ4v) is 2.72. The Morgan fingerprint density at radius 2 is 1.89 bits per heavy atom. The van der Waals surface area contributed by atoms with E-state index in [1.54, 1.807) is 12.1 Å². The Labute approximate surface area is 124 Å². The highest BCUT2D eigenvalue weighted by molar-refractivity contribution is 14.1. The lowest BCUT2D eigenvalue weighted by Crippen LogP contribution is -2.04. The van der Waals surface area contributed by atoms with Crippen molar-refractivity contribution in [3.8, 4) is 0 Å². The first kappa shape index (κ1) is 13.8. The maximum Gasteiger partial charge on any atom is 0.142 e. The minimum absolute atomic E-state index is 0.0856. The maximum absolute atomic E-state index is 13.3. The summed E-state index contributed by atoms with van der Waals surface area (Å²) in [6.45, 7) is 0. The fraction of sp³-hybridized carbons (Fsp3) is 0.143. The Kier molecular flexibility index (Phi) is 4.59. The largest absolute Gasteiger partial charge is 0.388 e. The van der Waals surface area contributed by atoms with Gasteiger partial charge in [-0.25, -0.2) is 4.39 Å². The van der Waals surface area contributed by atoms with Crippen molar-refractivity contribution >= 4 is 34.2 Å². The zero-order valence-corrected chi connectivity index (χ0v) is 12.3. The third-order valence-corrected chi connectivity index (χ3v) is 4.11. The predicted molar refractivity (Wildman–Crippen MR) is 79.2 cm³/mol. The number of halogens is 3. The van der Waals surface area contributed by atoms with Crippen molar-refractivity contribution in [3.05, 3.63) is 68.0 Å². The molecule has 0 aliphatic carbocycles. The predicted octanol–water partition coefficient (Wildman–Crippen LogP) is 4.36. The quantitative estimate of drug-likeness (QED) is 0.789. The minimum Gasteiger partial charge on any atom is -0.388 e. The summed E-state index contributed by atoms with van der Waals surface area (Å²) in [7, 11) is 0. The second kappa shape index (κ2) is 5.99. The Hall–Kier alpha value is -0.650. The first-order chi connectivity index (χ1) is 8.59. The van der Waals surface area contributed by atoms with Crippen LogP contribution in [-0.2, 0) is 6.42 Å². The van der Waals surface area contributed by atoms with Crippen LogP contribution in [0.1, 0.15) is 17.2 Å². The van der Waals surface area contributed by atoms with Crippen LogP contribution in [0.4, 0.5) is 4.39 Å². The highest BCUT2D eigenvalue weighted by Gasteiger charge is 2.14. The molecule has 0 radical (unpaired) electrons. The third kappa shape index (κ3) is 3.02. The van der Waals surface area contributed by atoms with E-state index in [4.69, 9.17) is 11.6 Å². The van der Waals surface area contributed by atoms with Crippen LogP contribution in [0.3, 0.4) is 0 Å². The van der Waals surface area contributed by atoms with Crippen LogP contribution in [0.15, 0.2) is 42.5 Å². The summed E-state index contributed by atoms with van der Waals surface area (Å²) in [6, 6.07) is 12.2. The van der Waals surface area contributed by atoms with E-state index < -0.39 is 11.9 Å². The molecule has 1 nitrogen and oxygen atoms in total. The van der Waals surface area contributed by atoms with Crippen LogP contribution in [0, 0.1) is 9.39 Å². The average Bonchev–Trinajstić information content (AvgIpc) is 2.35. The molecular formula is C14H11ClFIO. The molecule has 4 heteroatoms. The van der Waals surface area contributed by atoms with Gasteiger partial charge >= 0.3 is 0 Å². The van der Waals surface area contributed by atoms with Crippen LogP contribution in [0.25, 0.3) is 0 Å². The molecular weight excluding hydrogens is 366 g/mol. The van der Waals surface area contributed by atoms with Gasteiger partial charge in [0.1, 0.15) is 5.82 Å². The lowest BCUT2D eigenvalue weighted by Gasteiger charge is -2.14. The van der Waals surface area contributed by atoms with E-state index in [2.05, 4.69) is 22.6 Å². The first-order valence-corrected chi connectivity index (χ1v) is 6.90. The van der Waals surface area contributed by atoms with E-state index in [0.717, 1.165) is 9.13 Å². The van der Waals surface area contributed by atoms with Crippen molar-refractivity contribution in [2.24, 2.45) is 0 Å². The zero-order chi connectivity index (χ0) is 13.1. The highest BCUT2D eigenvalue weighted by Crippen LogP contribution is 2.27. The molecule has 2 rings (SSSR count). The lowest BCUT2D eigenvalue weighted by molar-refractivity contribution is 0.177. The Morgan fingerprint density at radius 1 is 1.17 bits per heavy atom. The molecule has 0 aliphatic rings. The second-order valence-electron chi connectivity index (χ2n) is 3.95. The maximum atomic E-state index is 13.3. The van der Waals surface area contributed by atoms with Gasteiger partial charge in [-0.05, 0) is 45.9 Å². The Morgan fingerprint density at radius 3 is 2.61 bits per heavy atom. The summed E-state index contributed by atoms with van der Waals surface area (Å²) in [5, 5.41) is 10.3. The van der Waals surface area contributed by atoms with E-state index in [0.29, 0.717) is 12.0 Å². The molecule has 0 fully saturated rings. The monoisotopic (exact) mass is 376 g/mol. The number of benzene rings is 2. The highest BCUT2D eigenvalue weighted by atomic mass is 127. The molecule has 0 saturated carbocycles. The van der Waals surface area contributed by atoms with Crippen LogP contribution in [0.2, 0.25) is 5.02 Å². The number of aliphatic hydroxyl groups is 1. The minimum atomic E-state index is -0.683. The standard InChI is InChI=1S/C14H11ClFIO/c15-14-9(4-3-6-11(14)16)8-13(18)10-5-1-2-7-12(10)17/h1-7,13,18H,8H2. The summed E-state index contributed by atoms with van der Waals surface area (Å²) in [4.78, 5) is 0. The molecule has 1 N–H and O–H groups in total. The van der Waals surface area contributed by atoms with Crippen LogP contribution in [-0.4, -0.2) is 5.11 Å². The molecule has 0 aliphatic heterocycles. The molecule has 0 amide bonds. The summed E-state index contributed by atoms with van der Waals surface area (Å²) in [6.07, 6.45) is -0.381. The van der Waals surface area contributed by atoms with Crippen molar-refractivity contribution in [1.29, 1.82) is 0 Å². The van der Waals surface area contributed by atoms with Crippen LogP contribution < -0.4 is 0 Å². The molecule has 0 heterocycles. The number of hydrogen-bond acceptors (Lipinski definition) is 1. The van der Waals surface area contributed by atoms with E-state index in [1.807, 2.05) is 24.3 Å². The summed E-state index contributed by atoms with van der Waals surface area (Å²) in [5.74, 6) is -0.455. The smallest absolute Gasteiger partial charge is 0.142 e. The summed E-state index contributed by atoms with van der Waals surface area (Å²) in [5.41, 5.74) is 1.45. The lowest BCUT2D eigenvalue weighted by atomic mass is 10.0. The Balaban J connectivity index is 2.24. The van der Waals surface area contributed by atoms with Gasteiger partial charge in [0.25, 0.3) is 0 Å². The molecule has 18 heavy (non-hydrogen) atoms. The molecule has 0 spiro atoms. The number of hydrogen-bond donors (Lipinski definition) is 1. The fourth-order valence-electron chi connectivity index (χ4n) is 1.77. The van der Waals surface area contributed by atoms with Gasteiger partial charge in [-0.3, -0.25) is 0 Å². The Bertz CT molecular complexity index is 559. The molecule has 1 unspecified atom stereocenters. The van der Waals surface area contributed by atoms with Gasteiger partial charge in [0, 0.05) is 9.99 Å².